The average molecular weight is 618 g/mol. The fraction of sp³-hybridized carbons (Fsp3) is 0. The summed E-state index contributed by atoms with van der Waals surface area (Å²) in [6, 6.07) is 0. The van der Waals surface area contributed by atoms with Crippen LogP contribution in [0, 0.1) is 0 Å². The Kier molecular flexibility index (Phi) is 6.23. The monoisotopic (exact) mass is 618 g/mol. The van der Waals surface area contributed by atoms with E-state index in [1.54, 1.807) is 88.2 Å². The molecule has 0 heterocycles. The van der Waals surface area contributed by atoms with Gasteiger partial charge in [-0.3, -0.25) is 9.13 Å². The Labute approximate surface area is 105 Å². The minimum atomic E-state index is -2.63. The van der Waals surface area contributed by atoms with Crippen molar-refractivity contribution in [3.05, 3.63) is 0 Å². The van der Waals surface area contributed by atoms with Crippen molar-refractivity contribution < 1.29 is 13.4 Å². The highest BCUT2D eigenvalue weighted by Crippen LogP contribution is 2.79. The van der Waals surface area contributed by atoms with Gasteiger partial charge in [0.25, 0.3) is 0 Å². The van der Waals surface area contributed by atoms with Crippen LogP contribution >= 0.6 is 93.5 Å². The fourth-order valence-electron chi connectivity index (χ4n) is 0.111. The van der Waals surface area contributed by atoms with Crippen LogP contribution in [0.5, 0.6) is 0 Å². The molecule has 0 amide bonds. The van der Waals surface area contributed by atoms with E-state index in [4.69, 9.17) is 0 Å². The molecule has 0 aromatic carbocycles. The molecule has 0 spiro atoms. The highest BCUT2D eigenvalue weighted by Gasteiger charge is 2.24. The Morgan fingerprint density at radius 2 is 1.11 bits per heavy atom. The van der Waals surface area contributed by atoms with E-state index in [9.17, 15) is 9.13 Å². The summed E-state index contributed by atoms with van der Waals surface area (Å²) >= 11 is 6.56. The lowest BCUT2D eigenvalue weighted by Crippen LogP contribution is -1.59. The number of hydrogen-bond donors (Lipinski definition) is 0. The maximum absolute atomic E-state index is 10.8. The molecular formula is I4O3P2. The Morgan fingerprint density at radius 3 is 1.11 bits per heavy atom. The Morgan fingerprint density at radius 1 is 0.889 bits per heavy atom. The number of halogens is 4. The summed E-state index contributed by atoms with van der Waals surface area (Å²) in [5.41, 5.74) is 0. The zero-order chi connectivity index (χ0) is 7.71. The molecular weight excluding hydrogens is 618 g/mol. The third-order valence-corrected chi connectivity index (χ3v) is 8.05. The second kappa shape index (κ2) is 4.54. The SMILES string of the molecule is O=P(I)(I)OP(=O)(I)I. The van der Waals surface area contributed by atoms with Gasteiger partial charge in [-0.15, -0.1) is 0 Å². The first-order valence-corrected chi connectivity index (χ1v) is 15.8. The second-order valence-corrected chi connectivity index (χ2v) is 29.5. The van der Waals surface area contributed by atoms with Gasteiger partial charge in [-0.1, -0.05) is 0 Å². The molecule has 0 rings (SSSR count). The smallest absolute Gasteiger partial charge is 0.270 e. The lowest BCUT2D eigenvalue weighted by Gasteiger charge is -2.04. The predicted molar refractivity (Wildman–Crippen MR) is 72.4 cm³/mol. The first kappa shape index (κ1) is 12.3. The van der Waals surface area contributed by atoms with E-state index in [1.165, 1.54) is 0 Å². The topological polar surface area (TPSA) is 43.4 Å². The third kappa shape index (κ3) is 11.3. The first-order valence-electron chi connectivity index (χ1n) is 1.41. The Hall–Kier alpha value is 3.34. The van der Waals surface area contributed by atoms with Gasteiger partial charge in [0, 0.05) is 88.2 Å². The third-order valence-electron chi connectivity index (χ3n) is 0.190. The van der Waals surface area contributed by atoms with Crippen molar-refractivity contribution in [3.63, 3.8) is 0 Å². The molecule has 0 unspecified atom stereocenters. The lowest BCUT2D eigenvalue weighted by molar-refractivity contribution is 0.510. The zero-order valence-electron chi connectivity index (χ0n) is 3.63. The fourth-order valence-corrected chi connectivity index (χ4v) is 22.1. The normalized spacial score (nSPS) is 13.8. The highest BCUT2D eigenvalue weighted by molar-refractivity contribution is 14.3. The molecule has 0 N–H and O–H groups in total. The van der Waals surface area contributed by atoms with Crippen molar-refractivity contribution >= 4 is 93.5 Å². The molecule has 0 atom stereocenters. The van der Waals surface area contributed by atoms with Crippen molar-refractivity contribution in [2.75, 3.05) is 0 Å². The van der Waals surface area contributed by atoms with Crippen LogP contribution in [-0.4, -0.2) is 0 Å². The van der Waals surface area contributed by atoms with Gasteiger partial charge in [0.05, 0.1) is 0 Å². The van der Waals surface area contributed by atoms with Crippen LogP contribution in [0.25, 0.3) is 0 Å². The van der Waals surface area contributed by atoms with Crippen LogP contribution < -0.4 is 0 Å². The molecule has 0 aromatic heterocycles. The van der Waals surface area contributed by atoms with Gasteiger partial charge in [-0.2, -0.15) is 0 Å². The summed E-state index contributed by atoms with van der Waals surface area (Å²) in [6.07, 6.45) is 0. The van der Waals surface area contributed by atoms with Crippen LogP contribution in [-0.2, 0) is 13.4 Å². The summed E-state index contributed by atoms with van der Waals surface area (Å²) < 4.78 is 21.0. The molecule has 56 valence electrons. The van der Waals surface area contributed by atoms with Gasteiger partial charge < -0.3 is 0 Å². The van der Waals surface area contributed by atoms with Crippen LogP contribution in [0.3, 0.4) is 0 Å². The largest absolute Gasteiger partial charge is 0.322 e. The molecule has 9 heteroatoms. The molecule has 9 heavy (non-hydrogen) atoms. The van der Waals surface area contributed by atoms with Crippen molar-refractivity contribution in [3.8, 4) is 0 Å². The number of hydrogen-bond acceptors (Lipinski definition) is 3. The summed E-state index contributed by atoms with van der Waals surface area (Å²) in [4.78, 5) is 0. The molecule has 0 aliphatic heterocycles. The van der Waals surface area contributed by atoms with Crippen LogP contribution in [0.15, 0.2) is 0 Å². The van der Waals surface area contributed by atoms with Crippen LogP contribution in [0.4, 0.5) is 0 Å². The molecule has 0 fully saturated rings. The van der Waals surface area contributed by atoms with E-state index in [-0.39, 0.29) is 0 Å². The van der Waals surface area contributed by atoms with E-state index in [1.807, 2.05) is 0 Å². The van der Waals surface area contributed by atoms with Crippen molar-refractivity contribution in [2.45, 2.75) is 0 Å². The van der Waals surface area contributed by atoms with Crippen molar-refractivity contribution in [1.29, 1.82) is 0 Å². The summed E-state index contributed by atoms with van der Waals surface area (Å²) in [6.45, 7) is 0. The Bertz CT molecular complexity index is 154. The molecule has 0 aliphatic carbocycles. The van der Waals surface area contributed by atoms with Gasteiger partial charge in [-0.05, 0) is 0 Å². The van der Waals surface area contributed by atoms with Crippen LogP contribution in [0.2, 0.25) is 0 Å². The maximum atomic E-state index is 10.8. The average Bonchev–Trinajstić information content (AvgIpc) is 1.14. The standard InChI is InChI=1S/I4O3P2/c1-8(2,5)7-9(3,4)6. The maximum Gasteiger partial charge on any atom is 0.322 e. The second-order valence-electron chi connectivity index (χ2n) is 0.911. The van der Waals surface area contributed by atoms with Crippen molar-refractivity contribution in [1.82, 2.24) is 0 Å². The summed E-state index contributed by atoms with van der Waals surface area (Å²) in [7, 11) is 0. The first-order chi connectivity index (χ1) is 3.71. The van der Waals surface area contributed by atoms with Gasteiger partial charge in [-0.25, -0.2) is 4.31 Å². The predicted octanol–water partition coefficient (Wildman–Crippen LogP) is 4.96. The van der Waals surface area contributed by atoms with Gasteiger partial charge in [0.2, 0.25) is 0 Å². The molecule has 3 nitrogen and oxygen atoms in total. The quantitative estimate of drug-likeness (QED) is 0.325. The molecule has 0 aliphatic rings. The molecule has 0 radical (unpaired) electrons. The van der Waals surface area contributed by atoms with E-state index < -0.39 is 5.31 Å². The molecule has 0 saturated heterocycles. The molecule has 0 aromatic rings. The van der Waals surface area contributed by atoms with Gasteiger partial charge in [0.15, 0.2) is 0 Å². The van der Waals surface area contributed by atoms with Gasteiger partial charge >= 0.3 is 5.31 Å². The lowest BCUT2D eigenvalue weighted by atomic mass is 15.8. The summed E-state index contributed by atoms with van der Waals surface area (Å²) in [5.74, 6) is 0. The molecule has 0 saturated carbocycles. The number of rotatable bonds is 2. The van der Waals surface area contributed by atoms with E-state index in [2.05, 4.69) is 4.31 Å². The van der Waals surface area contributed by atoms with Crippen molar-refractivity contribution in [2.24, 2.45) is 0 Å². The minimum Gasteiger partial charge on any atom is -0.270 e. The van der Waals surface area contributed by atoms with E-state index in [0.29, 0.717) is 0 Å². The highest BCUT2D eigenvalue weighted by atomic mass is 127. The zero-order valence-corrected chi connectivity index (χ0v) is 14.0. The van der Waals surface area contributed by atoms with E-state index in [0.717, 1.165) is 0 Å². The van der Waals surface area contributed by atoms with Crippen LogP contribution in [0.1, 0.15) is 0 Å². The minimum absolute atomic E-state index is 1.64. The Balaban J connectivity index is 4.07. The van der Waals surface area contributed by atoms with E-state index >= 15 is 0 Å². The van der Waals surface area contributed by atoms with Gasteiger partial charge in [0.1, 0.15) is 0 Å². The summed E-state index contributed by atoms with van der Waals surface area (Å²) in [5, 5.41) is 0. The molecule has 0 bridgehead atoms.